The molecule has 3 aromatic rings. The predicted molar refractivity (Wildman–Crippen MR) is 163 cm³/mol. The maximum absolute atomic E-state index is 12.9. The molecule has 0 atom stereocenters. The van der Waals surface area contributed by atoms with Gasteiger partial charge in [0, 0.05) is 44.0 Å². The van der Waals surface area contributed by atoms with Crippen molar-refractivity contribution < 1.29 is 33.4 Å². The van der Waals surface area contributed by atoms with Crippen molar-refractivity contribution in [2.75, 3.05) is 45.2 Å². The van der Waals surface area contributed by atoms with Crippen LogP contribution in [0.25, 0.3) is 11.4 Å². The molecule has 1 N–H and O–H groups in total. The molecule has 2 aromatic carbocycles. The minimum Gasteiger partial charge on any atom is -0.465 e. The van der Waals surface area contributed by atoms with Gasteiger partial charge in [-0.15, -0.1) is 0 Å². The molecule has 44 heavy (non-hydrogen) atoms. The summed E-state index contributed by atoms with van der Waals surface area (Å²) in [5.74, 6) is -0.927. The number of piperazine rings is 1. The first kappa shape index (κ1) is 32.1. The van der Waals surface area contributed by atoms with Gasteiger partial charge in [-0.2, -0.15) is 0 Å². The summed E-state index contributed by atoms with van der Waals surface area (Å²) in [6.07, 6.45) is 0.190. The summed E-state index contributed by atoms with van der Waals surface area (Å²) >= 11 is 0. The van der Waals surface area contributed by atoms with Gasteiger partial charge in [0.2, 0.25) is 0 Å². The van der Waals surface area contributed by atoms with Crippen molar-refractivity contribution in [2.24, 2.45) is 0 Å². The molecule has 1 aromatic heterocycles. The van der Waals surface area contributed by atoms with Crippen molar-refractivity contribution in [3.63, 3.8) is 0 Å². The lowest BCUT2D eigenvalue weighted by Crippen LogP contribution is -2.49. The van der Waals surface area contributed by atoms with Gasteiger partial charge < -0.3 is 24.4 Å². The van der Waals surface area contributed by atoms with E-state index >= 15 is 0 Å². The maximum atomic E-state index is 12.9. The Morgan fingerprint density at radius 2 is 1.59 bits per heavy atom. The van der Waals surface area contributed by atoms with Crippen LogP contribution in [0, 0.1) is 0 Å². The quantitative estimate of drug-likeness (QED) is 0.206. The molecule has 4 rings (SSSR count). The topological polar surface area (TPSA) is 140 Å². The second-order valence-corrected chi connectivity index (χ2v) is 11.1. The number of carbonyl (C=O) groups is 4. The first-order valence-electron chi connectivity index (χ1n) is 14.3. The van der Waals surface area contributed by atoms with E-state index in [1.807, 2.05) is 45.0 Å². The molecular weight excluding hydrogens is 566 g/mol. The number of aromatic nitrogens is 2. The van der Waals surface area contributed by atoms with Crippen molar-refractivity contribution in [1.29, 1.82) is 0 Å². The summed E-state index contributed by atoms with van der Waals surface area (Å²) in [5, 5.41) is 3.15. The van der Waals surface area contributed by atoms with Gasteiger partial charge in [-0.3, -0.25) is 9.69 Å². The Labute approximate surface area is 256 Å². The highest BCUT2D eigenvalue weighted by atomic mass is 16.6. The van der Waals surface area contributed by atoms with Gasteiger partial charge in [0.25, 0.3) is 0 Å². The van der Waals surface area contributed by atoms with Crippen LogP contribution in [0.5, 0.6) is 0 Å². The Kier molecular flexibility index (Phi) is 10.3. The summed E-state index contributed by atoms with van der Waals surface area (Å²) < 4.78 is 15.4. The van der Waals surface area contributed by atoms with E-state index in [0.717, 1.165) is 18.7 Å². The standard InChI is InChI=1S/C32H37N5O7/c1-6-43-30(40)26-25(20-38)34-27(22-9-11-23(12-10-22)29(39)42-5)35-28(26)33-24-13-7-21(8-14-24)19-36-15-17-37(18-16-36)31(41)44-32(2,3)4/h7-14,20H,6,15-19H2,1-5H3,(H,33,34,35). The Balaban J connectivity index is 1.51. The smallest absolute Gasteiger partial charge is 0.410 e. The number of rotatable bonds is 9. The molecule has 1 amide bonds. The van der Waals surface area contributed by atoms with Crippen LogP contribution in [0.4, 0.5) is 16.3 Å². The molecule has 0 radical (unpaired) electrons. The molecule has 232 valence electrons. The zero-order valence-corrected chi connectivity index (χ0v) is 25.6. The van der Waals surface area contributed by atoms with E-state index in [9.17, 15) is 19.2 Å². The van der Waals surface area contributed by atoms with Crippen LogP contribution in [0.15, 0.2) is 48.5 Å². The lowest BCUT2D eigenvalue weighted by molar-refractivity contribution is 0.0138. The summed E-state index contributed by atoms with van der Waals surface area (Å²) in [7, 11) is 1.30. The average Bonchev–Trinajstić information content (AvgIpc) is 3.01. The normalized spacial score (nSPS) is 13.6. The number of methoxy groups -OCH3 is 1. The first-order chi connectivity index (χ1) is 21.0. The van der Waals surface area contributed by atoms with E-state index in [2.05, 4.69) is 20.2 Å². The molecule has 1 saturated heterocycles. The van der Waals surface area contributed by atoms with Crippen molar-refractivity contribution in [3.05, 3.63) is 70.9 Å². The summed E-state index contributed by atoms with van der Waals surface area (Å²) in [6.45, 7) is 10.7. The molecule has 0 aliphatic carbocycles. The van der Waals surface area contributed by atoms with Crippen molar-refractivity contribution in [2.45, 2.75) is 39.8 Å². The number of nitrogens with one attached hydrogen (secondary N) is 1. The average molecular weight is 604 g/mol. The summed E-state index contributed by atoms with van der Waals surface area (Å²) in [5.41, 5.74) is 1.84. The fraction of sp³-hybridized carbons (Fsp3) is 0.375. The zero-order valence-electron chi connectivity index (χ0n) is 25.6. The molecule has 0 spiro atoms. The molecule has 0 saturated carbocycles. The van der Waals surface area contributed by atoms with Crippen molar-refractivity contribution >= 4 is 35.8 Å². The third kappa shape index (κ3) is 8.16. The molecule has 2 heterocycles. The fourth-order valence-electron chi connectivity index (χ4n) is 4.56. The van der Waals surface area contributed by atoms with Gasteiger partial charge in [-0.25, -0.2) is 24.4 Å². The number of benzene rings is 2. The number of anilines is 2. The van der Waals surface area contributed by atoms with E-state index in [0.29, 0.717) is 42.7 Å². The Bertz CT molecular complexity index is 1490. The van der Waals surface area contributed by atoms with Crippen molar-refractivity contribution in [3.8, 4) is 11.4 Å². The maximum Gasteiger partial charge on any atom is 0.410 e. The van der Waals surface area contributed by atoms with Gasteiger partial charge in [-0.1, -0.05) is 24.3 Å². The lowest BCUT2D eigenvalue weighted by Gasteiger charge is -2.35. The summed E-state index contributed by atoms with van der Waals surface area (Å²) in [6, 6.07) is 14.0. The van der Waals surface area contributed by atoms with Gasteiger partial charge >= 0.3 is 18.0 Å². The molecule has 12 heteroatoms. The molecule has 1 fully saturated rings. The molecule has 1 aliphatic rings. The second-order valence-electron chi connectivity index (χ2n) is 11.1. The Morgan fingerprint density at radius 3 is 2.16 bits per heavy atom. The SMILES string of the molecule is CCOC(=O)c1c(C=O)nc(-c2ccc(C(=O)OC)cc2)nc1Nc1ccc(CN2CCN(C(=O)OC(C)(C)C)CC2)cc1. The summed E-state index contributed by atoms with van der Waals surface area (Å²) in [4.78, 5) is 61.9. The number of amides is 1. The van der Waals surface area contributed by atoms with Crippen LogP contribution in [-0.4, -0.2) is 89.6 Å². The fourth-order valence-corrected chi connectivity index (χ4v) is 4.56. The minimum atomic E-state index is -0.730. The monoisotopic (exact) mass is 603 g/mol. The highest BCUT2D eigenvalue weighted by Gasteiger charge is 2.26. The van der Waals surface area contributed by atoms with E-state index in [4.69, 9.17) is 14.2 Å². The second kappa shape index (κ2) is 14.1. The van der Waals surface area contributed by atoms with Crippen LogP contribution in [-0.2, 0) is 20.8 Å². The van der Waals surface area contributed by atoms with E-state index in [1.165, 1.54) is 7.11 Å². The molecule has 12 nitrogen and oxygen atoms in total. The molecule has 0 unspecified atom stereocenters. The minimum absolute atomic E-state index is 0.0799. The number of hydrogen-bond donors (Lipinski definition) is 1. The Hall–Kier alpha value is -4.84. The van der Waals surface area contributed by atoms with Crippen LogP contribution in [0.2, 0.25) is 0 Å². The van der Waals surface area contributed by atoms with Crippen LogP contribution < -0.4 is 5.32 Å². The number of nitrogens with zero attached hydrogens (tertiary/aromatic N) is 4. The lowest BCUT2D eigenvalue weighted by atomic mass is 10.1. The molecule has 1 aliphatic heterocycles. The van der Waals surface area contributed by atoms with E-state index < -0.39 is 17.5 Å². The van der Waals surface area contributed by atoms with Gasteiger partial charge in [0.05, 0.1) is 19.3 Å². The largest absolute Gasteiger partial charge is 0.465 e. The number of hydrogen-bond acceptors (Lipinski definition) is 11. The number of carbonyl (C=O) groups excluding carboxylic acids is 4. The first-order valence-corrected chi connectivity index (χ1v) is 14.3. The van der Waals surface area contributed by atoms with Gasteiger partial charge in [-0.05, 0) is 57.5 Å². The van der Waals surface area contributed by atoms with Crippen LogP contribution in [0.1, 0.15) is 64.5 Å². The van der Waals surface area contributed by atoms with Crippen molar-refractivity contribution in [1.82, 2.24) is 19.8 Å². The third-order valence-corrected chi connectivity index (χ3v) is 6.74. The highest BCUT2D eigenvalue weighted by molar-refractivity contribution is 6.02. The van der Waals surface area contributed by atoms with Crippen LogP contribution >= 0.6 is 0 Å². The molecule has 0 bridgehead atoms. The van der Waals surface area contributed by atoms with E-state index in [1.54, 1.807) is 36.1 Å². The van der Waals surface area contributed by atoms with Gasteiger partial charge in [0.1, 0.15) is 22.7 Å². The molecular formula is C32H37N5O7. The zero-order chi connectivity index (χ0) is 31.9. The number of esters is 2. The predicted octanol–water partition coefficient (Wildman–Crippen LogP) is 4.72. The Morgan fingerprint density at radius 1 is 0.932 bits per heavy atom. The third-order valence-electron chi connectivity index (χ3n) is 6.74. The van der Waals surface area contributed by atoms with Gasteiger partial charge in [0.15, 0.2) is 12.1 Å². The van der Waals surface area contributed by atoms with E-state index in [-0.39, 0.29) is 35.6 Å². The number of aldehydes is 1. The number of ether oxygens (including phenoxy) is 3. The highest BCUT2D eigenvalue weighted by Crippen LogP contribution is 2.27. The van der Waals surface area contributed by atoms with Crippen LogP contribution in [0.3, 0.4) is 0 Å².